The molecule has 2 aromatic rings. The van der Waals surface area contributed by atoms with Crippen LogP contribution < -0.4 is 0 Å². The van der Waals surface area contributed by atoms with Gasteiger partial charge in [0.15, 0.2) is 0 Å². The molecule has 0 aliphatic heterocycles. The summed E-state index contributed by atoms with van der Waals surface area (Å²) in [7, 11) is 0. The molecular formula is C13H13N3O2S. The Kier molecular flexibility index (Phi) is 4.01. The molecule has 0 radical (unpaired) electrons. The van der Waals surface area contributed by atoms with Crippen LogP contribution in [0.1, 0.15) is 19.0 Å². The lowest BCUT2D eigenvalue weighted by Gasteiger charge is -2.05. The Morgan fingerprint density at radius 3 is 2.63 bits per heavy atom. The summed E-state index contributed by atoms with van der Waals surface area (Å²) in [5, 5.41) is 10.6. The van der Waals surface area contributed by atoms with Crippen LogP contribution in [-0.4, -0.2) is 14.9 Å². The molecule has 2 rings (SSSR count). The van der Waals surface area contributed by atoms with E-state index < -0.39 is 4.92 Å². The van der Waals surface area contributed by atoms with E-state index in [0.29, 0.717) is 10.5 Å². The minimum Gasteiger partial charge on any atom is -0.343 e. The number of nitrogens with zero attached hydrogens (tertiary/aromatic N) is 2. The van der Waals surface area contributed by atoms with Gasteiger partial charge in [0.2, 0.25) is 0 Å². The smallest absolute Gasteiger partial charge is 0.269 e. The average Bonchev–Trinajstić information content (AvgIpc) is 2.38. The fraction of sp³-hybridized carbons (Fsp3) is 0.231. The molecule has 6 heteroatoms. The van der Waals surface area contributed by atoms with Gasteiger partial charge in [-0.2, -0.15) is 0 Å². The van der Waals surface area contributed by atoms with E-state index in [4.69, 9.17) is 12.2 Å². The Morgan fingerprint density at radius 2 is 2.05 bits per heavy atom. The summed E-state index contributed by atoms with van der Waals surface area (Å²) in [4.78, 5) is 17.6. The Bertz CT molecular complexity index is 650. The fourth-order valence-corrected chi connectivity index (χ4v) is 2.02. The maximum absolute atomic E-state index is 10.6. The normalized spacial score (nSPS) is 10.4. The average molecular weight is 275 g/mol. The molecule has 5 nitrogen and oxygen atoms in total. The Labute approximate surface area is 115 Å². The van der Waals surface area contributed by atoms with Crippen LogP contribution in [0.2, 0.25) is 0 Å². The first kappa shape index (κ1) is 13.4. The van der Waals surface area contributed by atoms with Crippen LogP contribution in [0.15, 0.2) is 30.3 Å². The standard InChI is InChI=1S/C13H13N3O2S/c1-2-3-10-8-12(19)15-13(14-10)9-4-6-11(7-5-9)16(17)18/h4-8H,2-3H2,1H3,(H,14,15,19). The summed E-state index contributed by atoms with van der Waals surface area (Å²) in [6.45, 7) is 2.09. The van der Waals surface area contributed by atoms with Gasteiger partial charge in [-0.3, -0.25) is 10.1 Å². The summed E-state index contributed by atoms with van der Waals surface area (Å²) in [6, 6.07) is 8.09. The van der Waals surface area contributed by atoms with Crippen LogP contribution in [0.25, 0.3) is 11.4 Å². The number of hydrogen-bond acceptors (Lipinski definition) is 4. The zero-order valence-corrected chi connectivity index (χ0v) is 11.2. The monoisotopic (exact) mass is 275 g/mol. The maximum Gasteiger partial charge on any atom is 0.269 e. The Hall–Kier alpha value is -2.08. The predicted molar refractivity (Wildman–Crippen MR) is 75.5 cm³/mol. The number of rotatable bonds is 4. The van der Waals surface area contributed by atoms with Crippen molar-refractivity contribution in [3.63, 3.8) is 0 Å². The first-order valence-electron chi connectivity index (χ1n) is 5.95. The van der Waals surface area contributed by atoms with Gasteiger partial charge < -0.3 is 4.98 Å². The highest BCUT2D eigenvalue weighted by Gasteiger charge is 2.07. The summed E-state index contributed by atoms with van der Waals surface area (Å²) in [6.07, 6.45) is 1.90. The van der Waals surface area contributed by atoms with E-state index in [9.17, 15) is 10.1 Å². The number of nitro benzene ring substituents is 1. The molecule has 98 valence electrons. The molecule has 0 unspecified atom stereocenters. The van der Waals surface area contributed by atoms with Crippen LogP contribution in [0, 0.1) is 14.8 Å². The van der Waals surface area contributed by atoms with E-state index >= 15 is 0 Å². The third-order valence-corrected chi connectivity index (χ3v) is 2.88. The van der Waals surface area contributed by atoms with Gasteiger partial charge in [-0.25, -0.2) is 4.98 Å². The molecule has 0 spiro atoms. The predicted octanol–water partition coefficient (Wildman–Crippen LogP) is 3.67. The van der Waals surface area contributed by atoms with E-state index in [1.165, 1.54) is 12.1 Å². The number of hydrogen-bond donors (Lipinski definition) is 1. The van der Waals surface area contributed by atoms with Gasteiger partial charge in [0, 0.05) is 23.4 Å². The van der Waals surface area contributed by atoms with Crippen LogP contribution in [0.3, 0.4) is 0 Å². The van der Waals surface area contributed by atoms with Gasteiger partial charge in [0.25, 0.3) is 5.69 Å². The first-order valence-corrected chi connectivity index (χ1v) is 6.36. The Morgan fingerprint density at radius 1 is 1.37 bits per heavy atom. The van der Waals surface area contributed by atoms with Crippen molar-refractivity contribution in [1.82, 2.24) is 9.97 Å². The molecule has 0 atom stereocenters. The van der Waals surface area contributed by atoms with E-state index in [0.717, 1.165) is 24.1 Å². The third kappa shape index (κ3) is 3.23. The Balaban J connectivity index is 2.40. The van der Waals surface area contributed by atoms with Crippen molar-refractivity contribution in [2.24, 2.45) is 0 Å². The molecule has 0 aliphatic rings. The van der Waals surface area contributed by atoms with Gasteiger partial charge >= 0.3 is 0 Å². The quantitative estimate of drug-likeness (QED) is 0.525. The second-order valence-corrected chi connectivity index (χ2v) is 4.57. The fourth-order valence-electron chi connectivity index (χ4n) is 1.79. The van der Waals surface area contributed by atoms with Crippen molar-refractivity contribution >= 4 is 17.9 Å². The SMILES string of the molecule is CCCc1cc(=S)nc(-c2ccc([N+](=O)[O-])cc2)[nH]1. The largest absolute Gasteiger partial charge is 0.343 e. The highest BCUT2D eigenvalue weighted by molar-refractivity contribution is 7.71. The molecule has 19 heavy (non-hydrogen) atoms. The van der Waals surface area contributed by atoms with Crippen LogP contribution in [0.4, 0.5) is 5.69 Å². The van der Waals surface area contributed by atoms with Gasteiger partial charge in [-0.1, -0.05) is 25.6 Å². The first-order chi connectivity index (χ1) is 9.10. The molecule has 1 heterocycles. The lowest BCUT2D eigenvalue weighted by molar-refractivity contribution is -0.384. The zero-order chi connectivity index (χ0) is 13.8. The molecule has 0 fully saturated rings. The molecule has 0 saturated heterocycles. The van der Waals surface area contributed by atoms with E-state index in [1.54, 1.807) is 12.1 Å². The highest BCUT2D eigenvalue weighted by atomic mass is 32.1. The van der Waals surface area contributed by atoms with Crippen molar-refractivity contribution in [3.8, 4) is 11.4 Å². The molecule has 0 saturated carbocycles. The van der Waals surface area contributed by atoms with Crippen molar-refractivity contribution in [1.29, 1.82) is 0 Å². The summed E-state index contributed by atoms with van der Waals surface area (Å²) < 4.78 is 0.524. The number of aromatic amines is 1. The van der Waals surface area contributed by atoms with Gasteiger partial charge in [0.1, 0.15) is 10.5 Å². The van der Waals surface area contributed by atoms with E-state index in [1.807, 2.05) is 6.07 Å². The zero-order valence-electron chi connectivity index (χ0n) is 10.4. The number of benzene rings is 1. The molecule has 1 aromatic carbocycles. The highest BCUT2D eigenvalue weighted by Crippen LogP contribution is 2.19. The number of nitro groups is 1. The van der Waals surface area contributed by atoms with E-state index in [2.05, 4.69) is 16.9 Å². The molecule has 0 bridgehead atoms. The van der Waals surface area contributed by atoms with Crippen molar-refractivity contribution in [2.75, 3.05) is 0 Å². The number of H-pyrrole nitrogens is 1. The van der Waals surface area contributed by atoms with Crippen LogP contribution in [-0.2, 0) is 6.42 Å². The number of non-ortho nitro benzene ring substituents is 1. The van der Waals surface area contributed by atoms with E-state index in [-0.39, 0.29) is 5.69 Å². The summed E-state index contributed by atoms with van der Waals surface area (Å²) in [5.41, 5.74) is 1.87. The van der Waals surface area contributed by atoms with Crippen LogP contribution in [0.5, 0.6) is 0 Å². The topological polar surface area (TPSA) is 71.8 Å². The second kappa shape index (κ2) is 5.71. The number of aromatic nitrogens is 2. The van der Waals surface area contributed by atoms with Crippen molar-refractivity contribution in [2.45, 2.75) is 19.8 Å². The molecule has 1 aromatic heterocycles. The van der Waals surface area contributed by atoms with Gasteiger partial charge in [-0.15, -0.1) is 0 Å². The summed E-state index contributed by atoms with van der Waals surface area (Å²) >= 11 is 5.13. The second-order valence-electron chi connectivity index (χ2n) is 4.15. The number of aryl methyl sites for hydroxylation is 1. The van der Waals surface area contributed by atoms with Crippen molar-refractivity contribution < 1.29 is 4.92 Å². The lowest BCUT2D eigenvalue weighted by atomic mass is 10.2. The van der Waals surface area contributed by atoms with Gasteiger partial charge in [0.05, 0.1) is 4.92 Å². The molecule has 0 aliphatic carbocycles. The van der Waals surface area contributed by atoms with Crippen LogP contribution >= 0.6 is 12.2 Å². The minimum atomic E-state index is -0.424. The minimum absolute atomic E-state index is 0.0621. The third-order valence-electron chi connectivity index (χ3n) is 2.67. The summed E-state index contributed by atoms with van der Waals surface area (Å²) in [5.74, 6) is 0.644. The molecule has 0 amide bonds. The van der Waals surface area contributed by atoms with Gasteiger partial charge in [-0.05, 0) is 24.6 Å². The maximum atomic E-state index is 10.6. The number of nitrogens with one attached hydrogen (secondary N) is 1. The van der Waals surface area contributed by atoms with Crippen molar-refractivity contribution in [3.05, 3.63) is 50.8 Å². The molecular weight excluding hydrogens is 262 g/mol. The molecule has 1 N–H and O–H groups in total. The lowest BCUT2D eigenvalue weighted by Crippen LogP contribution is -1.96.